The fraction of sp³-hybridized carbons (Fsp3) is 0.667. The third-order valence-electron chi connectivity index (χ3n) is 4.05. The average molecular weight is 418 g/mol. The number of alkyl halides is 3. The molecule has 1 aliphatic rings. The van der Waals surface area contributed by atoms with Crippen molar-refractivity contribution < 1.29 is 32.2 Å². The van der Waals surface area contributed by atoms with Crippen LogP contribution in [0, 0.1) is 5.92 Å². The molecular weight excluding hydrogens is 393 g/mol. The number of halogens is 3. The molecular formula is C18H25F3N4O4. The second kappa shape index (κ2) is 9.27. The molecule has 1 N–H and O–H groups in total. The van der Waals surface area contributed by atoms with E-state index in [9.17, 15) is 22.8 Å². The molecule has 11 heteroatoms. The maximum absolute atomic E-state index is 12.4. The van der Waals surface area contributed by atoms with Gasteiger partial charge in [0.05, 0.1) is 0 Å². The van der Waals surface area contributed by atoms with Gasteiger partial charge in [-0.2, -0.15) is 18.2 Å². The number of piperidine rings is 1. The molecule has 1 amide bonds. The minimum absolute atomic E-state index is 0.0547. The van der Waals surface area contributed by atoms with Crippen LogP contribution in [0.1, 0.15) is 44.1 Å². The van der Waals surface area contributed by atoms with Crippen molar-refractivity contribution in [1.29, 1.82) is 0 Å². The number of hydrogen-bond acceptors (Lipinski definition) is 7. The zero-order valence-electron chi connectivity index (χ0n) is 16.6. The number of carbonyl (C=O) groups is 2. The third-order valence-corrected chi connectivity index (χ3v) is 4.05. The number of alkyl carbamates (subject to hydrolysis) is 1. The molecule has 2 heterocycles. The Morgan fingerprint density at radius 1 is 1.28 bits per heavy atom. The first-order chi connectivity index (χ1) is 13.4. The van der Waals surface area contributed by atoms with Crippen molar-refractivity contribution in [1.82, 2.24) is 15.3 Å². The van der Waals surface area contributed by atoms with Gasteiger partial charge in [-0.1, -0.05) is 0 Å². The van der Waals surface area contributed by atoms with Crippen molar-refractivity contribution in [3.05, 3.63) is 11.8 Å². The van der Waals surface area contributed by atoms with Gasteiger partial charge < -0.3 is 19.7 Å². The van der Waals surface area contributed by atoms with Crippen molar-refractivity contribution in [2.75, 3.05) is 31.1 Å². The number of ether oxygens (including phenoxy) is 2. The second-order valence-corrected chi connectivity index (χ2v) is 7.77. The first kappa shape index (κ1) is 22.7. The van der Waals surface area contributed by atoms with E-state index in [0.717, 1.165) is 6.07 Å². The lowest BCUT2D eigenvalue weighted by Crippen LogP contribution is -2.40. The quantitative estimate of drug-likeness (QED) is 0.710. The molecule has 1 fully saturated rings. The summed E-state index contributed by atoms with van der Waals surface area (Å²) >= 11 is 0. The fourth-order valence-corrected chi connectivity index (χ4v) is 2.74. The summed E-state index contributed by atoms with van der Waals surface area (Å²) in [5.74, 6) is 0.0578. The van der Waals surface area contributed by atoms with Crippen molar-refractivity contribution in [2.45, 2.75) is 45.4 Å². The highest BCUT2D eigenvalue weighted by molar-refractivity contribution is 5.73. The van der Waals surface area contributed by atoms with Gasteiger partial charge in [0, 0.05) is 25.7 Å². The van der Waals surface area contributed by atoms with Gasteiger partial charge in [0.2, 0.25) is 11.8 Å². The molecule has 1 aromatic heterocycles. The predicted molar refractivity (Wildman–Crippen MR) is 98.1 cm³/mol. The van der Waals surface area contributed by atoms with Crippen molar-refractivity contribution in [2.24, 2.45) is 5.92 Å². The zero-order valence-corrected chi connectivity index (χ0v) is 16.6. The van der Waals surface area contributed by atoms with Crippen LogP contribution in [0.4, 0.5) is 23.9 Å². The number of nitrogens with one attached hydrogen (secondary N) is 1. The molecule has 0 unspecified atom stereocenters. The Hall–Kier alpha value is -2.59. The van der Waals surface area contributed by atoms with Crippen LogP contribution in [-0.4, -0.2) is 60.4 Å². The summed E-state index contributed by atoms with van der Waals surface area (Å²) in [5, 5.41) is 2.74. The Bertz CT molecular complexity index is 714. The van der Waals surface area contributed by atoms with Gasteiger partial charge in [0.1, 0.15) is 11.3 Å². The topological polar surface area (TPSA) is 93.7 Å². The van der Waals surface area contributed by atoms with Gasteiger partial charge in [0.15, 0.2) is 12.9 Å². The Morgan fingerprint density at radius 3 is 2.48 bits per heavy atom. The maximum Gasteiger partial charge on any atom is 0.422 e. The second-order valence-electron chi connectivity index (χ2n) is 7.77. The third kappa shape index (κ3) is 8.12. The predicted octanol–water partition coefficient (Wildman–Crippen LogP) is 2.97. The first-order valence-corrected chi connectivity index (χ1v) is 9.21. The van der Waals surface area contributed by atoms with E-state index in [1.54, 1.807) is 25.7 Å². The van der Waals surface area contributed by atoms with E-state index in [-0.39, 0.29) is 23.4 Å². The van der Waals surface area contributed by atoms with E-state index < -0.39 is 24.5 Å². The van der Waals surface area contributed by atoms with Gasteiger partial charge in [-0.25, -0.2) is 9.78 Å². The number of anilines is 1. The largest absolute Gasteiger partial charge is 0.468 e. The Labute approximate surface area is 166 Å². The van der Waals surface area contributed by atoms with Gasteiger partial charge in [0.25, 0.3) is 0 Å². The van der Waals surface area contributed by atoms with Crippen LogP contribution in [0.2, 0.25) is 0 Å². The summed E-state index contributed by atoms with van der Waals surface area (Å²) < 4.78 is 46.9. The lowest BCUT2D eigenvalue weighted by molar-refractivity contribution is -0.154. The number of carbonyl (C=O) groups excluding carboxylic acids is 2. The lowest BCUT2D eigenvalue weighted by atomic mass is 9.97. The van der Waals surface area contributed by atoms with Crippen LogP contribution in [0.15, 0.2) is 6.07 Å². The van der Waals surface area contributed by atoms with Gasteiger partial charge in [-0.15, -0.1) is 0 Å². The number of aromatic nitrogens is 2. The molecule has 2 rings (SSSR count). The highest BCUT2D eigenvalue weighted by Gasteiger charge is 2.29. The molecule has 0 saturated carbocycles. The summed E-state index contributed by atoms with van der Waals surface area (Å²) in [6, 6.07) is 1.07. The van der Waals surface area contributed by atoms with E-state index in [2.05, 4.69) is 20.0 Å². The summed E-state index contributed by atoms with van der Waals surface area (Å²) in [4.78, 5) is 32.6. The highest BCUT2D eigenvalue weighted by atomic mass is 19.4. The molecule has 162 valence electrons. The van der Waals surface area contributed by atoms with Crippen LogP contribution in [-0.2, 0) is 4.74 Å². The molecule has 29 heavy (non-hydrogen) atoms. The zero-order chi connectivity index (χ0) is 21.7. The molecule has 1 aliphatic heterocycles. The molecule has 1 saturated heterocycles. The molecule has 0 aliphatic carbocycles. The summed E-state index contributed by atoms with van der Waals surface area (Å²) in [6.45, 7) is 5.36. The summed E-state index contributed by atoms with van der Waals surface area (Å²) in [7, 11) is 0. The number of rotatable bonds is 6. The number of amides is 1. The van der Waals surface area contributed by atoms with Gasteiger partial charge in [-0.05, 0) is 39.5 Å². The average Bonchev–Trinajstić information content (AvgIpc) is 2.63. The fourth-order valence-electron chi connectivity index (χ4n) is 2.74. The molecule has 1 aromatic rings. The van der Waals surface area contributed by atoms with Gasteiger partial charge >= 0.3 is 12.3 Å². The van der Waals surface area contributed by atoms with Crippen LogP contribution in [0.3, 0.4) is 0 Å². The Balaban J connectivity index is 1.91. The minimum atomic E-state index is -4.51. The molecule has 0 spiro atoms. The first-order valence-electron chi connectivity index (χ1n) is 9.21. The molecule has 0 radical (unpaired) electrons. The van der Waals surface area contributed by atoms with Crippen molar-refractivity contribution in [3.8, 4) is 5.88 Å². The van der Waals surface area contributed by atoms with Crippen LogP contribution in [0.5, 0.6) is 5.88 Å². The van der Waals surface area contributed by atoms with E-state index in [0.29, 0.717) is 38.8 Å². The van der Waals surface area contributed by atoms with E-state index in [1.807, 2.05) is 0 Å². The monoisotopic (exact) mass is 418 g/mol. The molecule has 0 atom stereocenters. The smallest absolute Gasteiger partial charge is 0.422 e. The normalized spacial score (nSPS) is 15.7. The van der Waals surface area contributed by atoms with Crippen LogP contribution in [0.25, 0.3) is 0 Å². The summed E-state index contributed by atoms with van der Waals surface area (Å²) in [5.41, 5.74) is -0.624. The number of aldehydes is 1. The van der Waals surface area contributed by atoms with Crippen LogP contribution >= 0.6 is 0 Å². The molecule has 8 nitrogen and oxygen atoms in total. The SMILES string of the molecule is CC(C)(C)OC(=O)NCC1CCN(c2nc(C=O)cc(OCC(F)(F)F)n2)CC1. The minimum Gasteiger partial charge on any atom is -0.468 e. The Morgan fingerprint density at radius 2 is 1.93 bits per heavy atom. The standard InChI is InChI=1S/C18H25F3N4O4/c1-17(2,3)29-16(27)22-9-12-4-6-25(7-5-12)15-23-13(10-26)8-14(24-15)28-11-18(19,20)21/h8,10,12H,4-7,9,11H2,1-3H3,(H,22,27). The van der Waals surface area contributed by atoms with Crippen LogP contribution < -0.4 is 15.0 Å². The number of nitrogens with zero attached hydrogens (tertiary/aromatic N) is 3. The number of hydrogen-bond donors (Lipinski definition) is 1. The van der Waals surface area contributed by atoms with Crippen molar-refractivity contribution >= 4 is 18.3 Å². The molecule has 0 bridgehead atoms. The molecule has 0 aromatic carbocycles. The summed E-state index contributed by atoms with van der Waals surface area (Å²) in [6.07, 6.45) is -3.13. The maximum atomic E-state index is 12.4. The van der Waals surface area contributed by atoms with E-state index in [1.165, 1.54) is 0 Å². The lowest BCUT2D eigenvalue weighted by Gasteiger charge is -2.32. The highest BCUT2D eigenvalue weighted by Crippen LogP contribution is 2.23. The van der Waals surface area contributed by atoms with Crippen molar-refractivity contribution in [3.63, 3.8) is 0 Å². The van der Waals surface area contributed by atoms with Gasteiger partial charge in [-0.3, -0.25) is 4.79 Å². The Kier molecular flexibility index (Phi) is 7.26. The van der Waals surface area contributed by atoms with E-state index in [4.69, 9.17) is 4.74 Å². The van der Waals surface area contributed by atoms with E-state index >= 15 is 0 Å².